The normalized spacial score (nSPS) is 15.0. The van der Waals surface area contributed by atoms with Crippen LogP contribution in [0.4, 0.5) is 10.9 Å². The predicted molar refractivity (Wildman–Crippen MR) is 106 cm³/mol. The second kappa shape index (κ2) is 7.87. The highest BCUT2D eigenvalue weighted by molar-refractivity contribution is 7.22. The number of fused-ring (bicyclic) bond motifs is 1. The maximum Gasteiger partial charge on any atom is 0.363 e. The third kappa shape index (κ3) is 4.33. The molecule has 1 saturated carbocycles. The summed E-state index contributed by atoms with van der Waals surface area (Å²) in [7, 11) is 0. The molecule has 0 radical (unpaired) electrons. The molecule has 1 aromatic carbocycles. The first kappa shape index (κ1) is 17.7. The zero-order chi connectivity index (χ0) is 18.6. The predicted octanol–water partition coefficient (Wildman–Crippen LogP) is 5.38. The lowest BCUT2D eigenvalue weighted by atomic mass is 9.89. The summed E-state index contributed by atoms with van der Waals surface area (Å²) in [5.74, 6) is 1.66. The van der Waals surface area contributed by atoms with E-state index in [0.717, 1.165) is 27.8 Å². The molecule has 1 N–H and O–H groups in total. The number of anilines is 1. The zero-order valence-corrected chi connectivity index (χ0v) is 15.6. The molecule has 0 amide bonds. The van der Waals surface area contributed by atoms with Crippen molar-refractivity contribution < 1.29 is 9.66 Å². The van der Waals surface area contributed by atoms with Crippen LogP contribution in [0.1, 0.15) is 32.1 Å². The van der Waals surface area contributed by atoms with Gasteiger partial charge in [0.05, 0.1) is 10.2 Å². The molecular formula is C19H20N4O3S. The van der Waals surface area contributed by atoms with Gasteiger partial charge in [-0.2, -0.15) is 0 Å². The number of nitrogens with one attached hydrogen (secondary N) is 1. The molecule has 0 aliphatic heterocycles. The maximum atomic E-state index is 10.7. The standard InChI is InChI=1S/C19H20N4O3S/c24-23(25)18-9-7-15(12-20-18)26-14-6-8-16-17(10-14)27-19(22-16)21-11-13-4-2-1-3-5-13/h6-10,12-13H,1-5,11H2,(H,21,22). The average Bonchev–Trinajstić information content (AvgIpc) is 3.10. The number of thiazole rings is 1. The van der Waals surface area contributed by atoms with Gasteiger partial charge in [-0.1, -0.05) is 30.6 Å². The molecule has 3 aromatic rings. The number of nitro groups is 1. The van der Waals surface area contributed by atoms with E-state index in [1.807, 2.05) is 18.2 Å². The third-order valence-electron chi connectivity index (χ3n) is 4.77. The van der Waals surface area contributed by atoms with Crippen molar-refractivity contribution in [2.75, 3.05) is 11.9 Å². The van der Waals surface area contributed by atoms with E-state index in [9.17, 15) is 10.1 Å². The molecule has 1 aliphatic carbocycles. The Balaban J connectivity index is 1.43. The molecule has 140 valence electrons. The first-order chi connectivity index (χ1) is 13.2. The van der Waals surface area contributed by atoms with Gasteiger partial charge < -0.3 is 20.2 Å². The first-order valence-corrected chi connectivity index (χ1v) is 9.92. The molecule has 0 bridgehead atoms. The minimum atomic E-state index is -0.533. The van der Waals surface area contributed by atoms with E-state index in [1.54, 1.807) is 17.4 Å². The third-order valence-corrected chi connectivity index (χ3v) is 5.75. The van der Waals surface area contributed by atoms with E-state index in [-0.39, 0.29) is 5.82 Å². The minimum absolute atomic E-state index is 0.200. The number of pyridine rings is 1. The van der Waals surface area contributed by atoms with Crippen LogP contribution in [0.25, 0.3) is 10.2 Å². The van der Waals surface area contributed by atoms with Crippen LogP contribution in [-0.2, 0) is 0 Å². The second-order valence-corrected chi connectivity index (χ2v) is 7.78. The molecule has 1 fully saturated rings. The first-order valence-electron chi connectivity index (χ1n) is 9.10. The van der Waals surface area contributed by atoms with Gasteiger partial charge in [0.25, 0.3) is 0 Å². The summed E-state index contributed by atoms with van der Waals surface area (Å²) >= 11 is 1.61. The Hall–Kier alpha value is -2.74. The Labute approximate surface area is 160 Å². The van der Waals surface area contributed by atoms with Gasteiger partial charge in [0.2, 0.25) is 0 Å². The van der Waals surface area contributed by atoms with Crippen molar-refractivity contribution in [1.29, 1.82) is 0 Å². The summed E-state index contributed by atoms with van der Waals surface area (Å²) in [6, 6.07) is 8.56. The van der Waals surface area contributed by atoms with Crippen LogP contribution in [-0.4, -0.2) is 21.4 Å². The zero-order valence-electron chi connectivity index (χ0n) is 14.8. The largest absolute Gasteiger partial charge is 0.453 e. The highest BCUT2D eigenvalue weighted by Gasteiger charge is 2.14. The van der Waals surface area contributed by atoms with Crippen molar-refractivity contribution >= 4 is 32.5 Å². The molecule has 2 heterocycles. The summed E-state index contributed by atoms with van der Waals surface area (Å²) in [5, 5.41) is 15.1. The van der Waals surface area contributed by atoms with Crippen LogP contribution in [0.15, 0.2) is 36.5 Å². The summed E-state index contributed by atoms with van der Waals surface area (Å²) in [4.78, 5) is 18.5. The lowest BCUT2D eigenvalue weighted by Crippen LogP contribution is -2.16. The van der Waals surface area contributed by atoms with Gasteiger partial charge in [-0.05, 0) is 46.9 Å². The van der Waals surface area contributed by atoms with Gasteiger partial charge in [-0.25, -0.2) is 4.98 Å². The number of aromatic nitrogens is 2. The molecule has 4 rings (SSSR count). The van der Waals surface area contributed by atoms with Gasteiger partial charge in [0.15, 0.2) is 17.1 Å². The second-order valence-electron chi connectivity index (χ2n) is 6.74. The summed E-state index contributed by atoms with van der Waals surface area (Å²) in [5.41, 5.74) is 0.931. The fourth-order valence-electron chi connectivity index (χ4n) is 3.34. The molecule has 0 unspecified atom stereocenters. The Morgan fingerprint density at radius 1 is 1.19 bits per heavy atom. The van der Waals surface area contributed by atoms with Gasteiger partial charge >= 0.3 is 5.82 Å². The minimum Gasteiger partial charge on any atom is -0.453 e. The maximum absolute atomic E-state index is 10.7. The molecule has 7 nitrogen and oxygen atoms in total. The highest BCUT2D eigenvalue weighted by atomic mass is 32.1. The van der Waals surface area contributed by atoms with Crippen LogP contribution in [0, 0.1) is 16.0 Å². The number of rotatable bonds is 6. The molecule has 1 aliphatic rings. The Morgan fingerprint density at radius 2 is 2.00 bits per heavy atom. The fourth-order valence-corrected chi connectivity index (χ4v) is 4.25. The lowest BCUT2D eigenvalue weighted by molar-refractivity contribution is -0.389. The van der Waals surface area contributed by atoms with E-state index < -0.39 is 4.92 Å². The summed E-state index contributed by atoms with van der Waals surface area (Å²) in [6.07, 6.45) is 8.00. The van der Waals surface area contributed by atoms with Gasteiger partial charge in [0, 0.05) is 18.7 Å². The van der Waals surface area contributed by atoms with Crippen LogP contribution in [0.3, 0.4) is 0 Å². The number of benzene rings is 1. The smallest absolute Gasteiger partial charge is 0.363 e. The lowest BCUT2D eigenvalue weighted by Gasteiger charge is -2.21. The van der Waals surface area contributed by atoms with E-state index in [0.29, 0.717) is 11.5 Å². The van der Waals surface area contributed by atoms with Gasteiger partial charge in [0.1, 0.15) is 5.75 Å². The van der Waals surface area contributed by atoms with E-state index in [4.69, 9.17) is 4.74 Å². The van der Waals surface area contributed by atoms with Crippen LogP contribution in [0.2, 0.25) is 0 Å². The molecule has 0 atom stereocenters. The van der Waals surface area contributed by atoms with Crippen molar-refractivity contribution in [2.24, 2.45) is 5.92 Å². The van der Waals surface area contributed by atoms with Crippen molar-refractivity contribution in [3.63, 3.8) is 0 Å². The average molecular weight is 384 g/mol. The van der Waals surface area contributed by atoms with Gasteiger partial charge in [-0.15, -0.1) is 0 Å². The van der Waals surface area contributed by atoms with Crippen molar-refractivity contribution in [1.82, 2.24) is 9.97 Å². The summed E-state index contributed by atoms with van der Waals surface area (Å²) < 4.78 is 6.79. The van der Waals surface area contributed by atoms with E-state index in [1.165, 1.54) is 44.4 Å². The molecular weight excluding hydrogens is 364 g/mol. The number of hydrogen-bond donors (Lipinski definition) is 1. The Morgan fingerprint density at radius 3 is 2.74 bits per heavy atom. The van der Waals surface area contributed by atoms with Crippen molar-refractivity contribution in [3.8, 4) is 11.5 Å². The van der Waals surface area contributed by atoms with Gasteiger partial charge in [-0.3, -0.25) is 0 Å². The fraction of sp³-hybridized carbons (Fsp3) is 0.368. The molecule has 27 heavy (non-hydrogen) atoms. The number of nitrogens with zero attached hydrogens (tertiary/aromatic N) is 3. The summed E-state index contributed by atoms with van der Waals surface area (Å²) in [6.45, 7) is 0.984. The molecule has 2 aromatic heterocycles. The SMILES string of the molecule is O=[N+]([O-])c1ccc(Oc2ccc3nc(NCC4CCCCC4)sc3c2)cn1. The van der Waals surface area contributed by atoms with Crippen molar-refractivity contribution in [2.45, 2.75) is 32.1 Å². The van der Waals surface area contributed by atoms with Crippen LogP contribution >= 0.6 is 11.3 Å². The Kier molecular flexibility index (Phi) is 5.15. The number of hydrogen-bond acceptors (Lipinski definition) is 7. The molecule has 8 heteroatoms. The topological polar surface area (TPSA) is 90.2 Å². The molecule has 0 saturated heterocycles. The van der Waals surface area contributed by atoms with Crippen molar-refractivity contribution in [3.05, 3.63) is 46.6 Å². The van der Waals surface area contributed by atoms with E-state index in [2.05, 4.69) is 15.3 Å². The monoisotopic (exact) mass is 384 g/mol. The van der Waals surface area contributed by atoms with E-state index >= 15 is 0 Å². The highest BCUT2D eigenvalue weighted by Crippen LogP contribution is 2.32. The number of ether oxygens (including phenoxy) is 1. The van der Waals surface area contributed by atoms with Crippen LogP contribution in [0.5, 0.6) is 11.5 Å². The Bertz CT molecular complexity index is 936. The molecule has 0 spiro atoms. The quantitative estimate of drug-likeness (QED) is 0.453. The van der Waals surface area contributed by atoms with Crippen LogP contribution < -0.4 is 10.1 Å².